The molecule has 110 valence electrons. The molecule has 1 amide bonds. The summed E-state index contributed by atoms with van der Waals surface area (Å²) in [5.74, 6) is 0. The molecule has 2 atom stereocenters. The molecule has 0 aromatic heterocycles. The third-order valence-corrected chi connectivity index (χ3v) is 6.51. The monoisotopic (exact) mass is 289 g/mol. The second-order valence-corrected chi connectivity index (χ2v) is 9.09. The zero-order valence-electron chi connectivity index (χ0n) is 11.8. The highest BCUT2D eigenvalue weighted by atomic mass is 32.2. The second kappa shape index (κ2) is 4.96. The third kappa shape index (κ3) is 3.41. The van der Waals surface area contributed by atoms with Gasteiger partial charge in [-0.05, 0) is 46.5 Å². The van der Waals surface area contributed by atoms with Crippen LogP contribution in [0.5, 0.6) is 0 Å². The highest BCUT2D eigenvalue weighted by Crippen LogP contribution is 2.36. The molecule has 2 fully saturated rings. The van der Waals surface area contributed by atoms with Crippen LogP contribution in [-0.4, -0.2) is 36.7 Å². The lowest BCUT2D eigenvalue weighted by Gasteiger charge is -2.38. The average molecular weight is 289 g/mol. The van der Waals surface area contributed by atoms with E-state index in [1.165, 1.54) is 0 Å². The number of sulfone groups is 1. The van der Waals surface area contributed by atoms with Crippen molar-refractivity contribution in [3.05, 3.63) is 0 Å². The summed E-state index contributed by atoms with van der Waals surface area (Å²) in [6, 6.07) is -0.0753. The number of ether oxygens (including phenoxy) is 1. The van der Waals surface area contributed by atoms with Gasteiger partial charge in [-0.25, -0.2) is 13.2 Å². The summed E-state index contributed by atoms with van der Waals surface area (Å²) in [6.07, 6.45) is 3.04. The van der Waals surface area contributed by atoms with Crippen LogP contribution in [-0.2, 0) is 14.6 Å². The molecule has 2 unspecified atom stereocenters. The maximum atomic E-state index is 12.1. The van der Waals surface area contributed by atoms with E-state index in [9.17, 15) is 13.2 Å². The summed E-state index contributed by atoms with van der Waals surface area (Å²) in [7, 11) is -2.96. The van der Waals surface area contributed by atoms with Crippen molar-refractivity contribution in [2.45, 2.75) is 75.0 Å². The van der Waals surface area contributed by atoms with Crippen LogP contribution in [0.25, 0.3) is 0 Å². The molecule has 19 heavy (non-hydrogen) atoms. The Bertz CT molecular complexity index is 432. The molecule has 0 aromatic rings. The van der Waals surface area contributed by atoms with Crippen LogP contribution in [0.3, 0.4) is 0 Å². The number of amides is 1. The summed E-state index contributed by atoms with van der Waals surface area (Å²) < 4.78 is 29.4. The van der Waals surface area contributed by atoms with Gasteiger partial charge in [-0.15, -0.1) is 0 Å². The van der Waals surface area contributed by atoms with Gasteiger partial charge < -0.3 is 10.1 Å². The van der Waals surface area contributed by atoms with Crippen LogP contribution < -0.4 is 5.32 Å². The van der Waals surface area contributed by atoms with Crippen LogP contribution in [0.1, 0.15) is 52.9 Å². The van der Waals surface area contributed by atoms with Crippen molar-refractivity contribution in [3.63, 3.8) is 0 Å². The van der Waals surface area contributed by atoms with Crippen molar-refractivity contribution in [1.82, 2.24) is 5.32 Å². The van der Waals surface area contributed by atoms with Crippen LogP contribution in [0.4, 0.5) is 4.79 Å². The van der Waals surface area contributed by atoms with Crippen LogP contribution in [0.2, 0.25) is 0 Å². The van der Waals surface area contributed by atoms with Crippen molar-refractivity contribution < 1.29 is 17.9 Å². The average Bonchev–Trinajstić information content (AvgIpc) is 2.15. The normalized spacial score (nSPS) is 33.5. The minimum atomic E-state index is -2.96. The quantitative estimate of drug-likeness (QED) is 0.801. The largest absolute Gasteiger partial charge is 0.444 e. The summed E-state index contributed by atoms with van der Waals surface area (Å²) in [5, 5.41) is 2.26. The van der Waals surface area contributed by atoms with E-state index in [0.717, 1.165) is 19.3 Å². The Morgan fingerprint density at radius 1 is 1.16 bits per heavy atom. The van der Waals surface area contributed by atoms with Gasteiger partial charge in [0.2, 0.25) is 0 Å². The maximum absolute atomic E-state index is 12.1. The molecule has 5 nitrogen and oxygen atoms in total. The fourth-order valence-electron chi connectivity index (χ4n) is 3.00. The van der Waals surface area contributed by atoms with Gasteiger partial charge in [0.1, 0.15) is 5.60 Å². The van der Waals surface area contributed by atoms with Crippen LogP contribution in [0, 0.1) is 0 Å². The molecule has 2 rings (SSSR count). The maximum Gasteiger partial charge on any atom is 0.407 e. The van der Waals surface area contributed by atoms with Gasteiger partial charge in [0.05, 0.1) is 10.5 Å². The fraction of sp³-hybridized carbons (Fsp3) is 0.923. The summed E-state index contributed by atoms with van der Waals surface area (Å²) >= 11 is 0. The van der Waals surface area contributed by atoms with Gasteiger partial charge in [-0.3, -0.25) is 0 Å². The zero-order valence-corrected chi connectivity index (χ0v) is 12.6. The smallest absolute Gasteiger partial charge is 0.407 e. The second-order valence-electron chi connectivity index (χ2n) is 6.58. The highest BCUT2D eigenvalue weighted by molar-refractivity contribution is 7.92. The van der Waals surface area contributed by atoms with E-state index in [1.807, 2.05) is 20.8 Å². The van der Waals surface area contributed by atoms with Crippen molar-refractivity contribution >= 4 is 15.9 Å². The standard InChI is InChI=1S/C13H23NO4S/c1-13(2,3)18-12(15)14-9-7-10-5-4-6-11(8-9)19(10,16)17/h9-11H,4-8H2,1-3H3,(H,14,15). The summed E-state index contributed by atoms with van der Waals surface area (Å²) in [5.41, 5.74) is -0.527. The Morgan fingerprint density at radius 3 is 2.16 bits per heavy atom. The Kier molecular flexibility index (Phi) is 3.82. The Labute approximate surface area is 115 Å². The molecule has 2 saturated heterocycles. The molecule has 0 aromatic carbocycles. The number of carbonyl (C=O) groups is 1. The molecule has 2 aliphatic heterocycles. The number of nitrogens with one attached hydrogen (secondary N) is 1. The number of hydrogen-bond donors (Lipinski definition) is 1. The first-order valence-corrected chi connectivity index (χ1v) is 8.51. The van der Waals surface area contributed by atoms with E-state index in [2.05, 4.69) is 5.32 Å². The van der Waals surface area contributed by atoms with Gasteiger partial charge in [0.25, 0.3) is 0 Å². The molecule has 0 saturated carbocycles. The fourth-order valence-corrected chi connectivity index (χ4v) is 5.54. The lowest BCUT2D eigenvalue weighted by Crippen LogP contribution is -2.51. The molecule has 0 aliphatic carbocycles. The molecule has 6 heteroatoms. The van der Waals surface area contributed by atoms with Crippen LogP contribution >= 0.6 is 0 Å². The topological polar surface area (TPSA) is 72.5 Å². The molecular weight excluding hydrogens is 266 g/mol. The molecule has 1 N–H and O–H groups in total. The SMILES string of the molecule is CC(C)(C)OC(=O)NC1CC2CCCC(C1)S2(=O)=O. The molecule has 0 spiro atoms. The first kappa shape index (κ1) is 14.6. The number of fused-ring (bicyclic) bond motifs is 2. The van der Waals surface area contributed by atoms with E-state index < -0.39 is 21.5 Å². The van der Waals surface area contributed by atoms with Crippen molar-refractivity contribution in [3.8, 4) is 0 Å². The Hall–Kier alpha value is -0.780. The van der Waals surface area contributed by atoms with E-state index >= 15 is 0 Å². The first-order chi connectivity index (χ1) is 8.68. The van der Waals surface area contributed by atoms with Gasteiger partial charge >= 0.3 is 6.09 Å². The summed E-state index contributed by atoms with van der Waals surface area (Å²) in [6.45, 7) is 5.44. The molecule has 2 aliphatic rings. The minimum Gasteiger partial charge on any atom is -0.444 e. The molecule has 2 heterocycles. The van der Waals surface area contributed by atoms with Gasteiger partial charge in [0, 0.05) is 6.04 Å². The Balaban J connectivity index is 1.96. The van der Waals surface area contributed by atoms with Crippen LogP contribution in [0.15, 0.2) is 0 Å². The third-order valence-electron chi connectivity index (χ3n) is 3.80. The highest BCUT2D eigenvalue weighted by Gasteiger charge is 2.44. The molecule has 2 bridgehead atoms. The lowest BCUT2D eigenvalue weighted by atomic mass is 9.95. The molecular formula is C13H23NO4S. The molecule has 0 radical (unpaired) electrons. The summed E-state index contributed by atoms with van der Waals surface area (Å²) in [4.78, 5) is 11.7. The lowest BCUT2D eigenvalue weighted by molar-refractivity contribution is 0.0494. The predicted molar refractivity (Wildman–Crippen MR) is 72.7 cm³/mol. The number of rotatable bonds is 1. The first-order valence-electron chi connectivity index (χ1n) is 6.91. The van der Waals surface area contributed by atoms with Gasteiger partial charge in [0.15, 0.2) is 9.84 Å². The number of alkyl carbamates (subject to hydrolysis) is 1. The van der Waals surface area contributed by atoms with E-state index in [0.29, 0.717) is 12.8 Å². The van der Waals surface area contributed by atoms with Crippen molar-refractivity contribution in [2.24, 2.45) is 0 Å². The van der Waals surface area contributed by atoms with E-state index in [4.69, 9.17) is 4.74 Å². The van der Waals surface area contributed by atoms with Gasteiger partial charge in [-0.1, -0.05) is 6.42 Å². The number of hydrogen-bond acceptors (Lipinski definition) is 4. The zero-order chi connectivity index (χ0) is 14.3. The predicted octanol–water partition coefficient (Wildman–Crippen LogP) is 2.01. The van der Waals surface area contributed by atoms with Crippen molar-refractivity contribution in [2.75, 3.05) is 0 Å². The van der Waals surface area contributed by atoms with Crippen molar-refractivity contribution in [1.29, 1.82) is 0 Å². The van der Waals surface area contributed by atoms with E-state index in [-0.39, 0.29) is 16.5 Å². The number of carbonyl (C=O) groups excluding carboxylic acids is 1. The Morgan fingerprint density at radius 2 is 1.68 bits per heavy atom. The van der Waals surface area contributed by atoms with E-state index in [1.54, 1.807) is 0 Å². The minimum absolute atomic E-state index is 0.0753. The van der Waals surface area contributed by atoms with Gasteiger partial charge in [-0.2, -0.15) is 0 Å².